The third-order valence-electron chi connectivity index (χ3n) is 3.08. The van der Waals surface area contributed by atoms with E-state index in [9.17, 15) is 0 Å². The van der Waals surface area contributed by atoms with Gasteiger partial charge in [-0.05, 0) is 23.6 Å². The molecule has 0 amide bonds. The van der Waals surface area contributed by atoms with Crippen LogP contribution in [0.25, 0.3) is 12.2 Å². The Morgan fingerprint density at radius 3 is 2.63 bits per heavy atom. The number of benzene rings is 2. The van der Waals surface area contributed by atoms with Crippen molar-refractivity contribution < 1.29 is 4.74 Å². The van der Waals surface area contributed by atoms with Crippen LogP contribution in [0.15, 0.2) is 48.5 Å². The summed E-state index contributed by atoms with van der Waals surface area (Å²) in [7, 11) is 1.70. The SMILES string of the molecule is CCCc1cccc(/C=C/c2ccccc2OC)c1. The van der Waals surface area contributed by atoms with E-state index in [1.807, 2.05) is 18.2 Å². The molecule has 0 saturated carbocycles. The molecule has 1 heteroatoms. The van der Waals surface area contributed by atoms with E-state index in [0.717, 1.165) is 17.7 Å². The van der Waals surface area contributed by atoms with E-state index in [2.05, 4.69) is 49.4 Å². The summed E-state index contributed by atoms with van der Waals surface area (Å²) in [4.78, 5) is 0. The molecule has 0 fully saturated rings. The van der Waals surface area contributed by atoms with Crippen LogP contribution in [0, 0.1) is 0 Å². The molecule has 0 aliphatic rings. The van der Waals surface area contributed by atoms with Crippen LogP contribution in [0.4, 0.5) is 0 Å². The lowest BCUT2D eigenvalue weighted by atomic mass is 10.1. The molecule has 2 aromatic carbocycles. The molecule has 0 N–H and O–H groups in total. The third-order valence-corrected chi connectivity index (χ3v) is 3.08. The second-order valence-electron chi connectivity index (χ2n) is 4.57. The zero-order valence-corrected chi connectivity index (χ0v) is 11.6. The van der Waals surface area contributed by atoms with E-state index in [-0.39, 0.29) is 0 Å². The third kappa shape index (κ3) is 3.72. The summed E-state index contributed by atoms with van der Waals surface area (Å²) in [5.41, 5.74) is 3.73. The molecule has 0 aliphatic heterocycles. The van der Waals surface area contributed by atoms with Crippen molar-refractivity contribution >= 4 is 12.2 Å². The van der Waals surface area contributed by atoms with Gasteiger partial charge in [0.05, 0.1) is 7.11 Å². The minimum atomic E-state index is 0.906. The van der Waals surface area contributed by atoms with Crippen LogP contribution in [0.3, 0.4) is 0 Å². The lowest BCUT2D eigenvalue weighted by Crippen LogP contribution is -1.86. The first-order valence-electron chi connectivity index (χ1n) is 6.73. The van der Waals surface area contributed by atoms with Gasteiger partial charge in [-0.1, -0.05) is 68.0 Å². The van der Waals surface area contributed by atoms with Crippen molar-refractivity contribution in [3.8, 4) is 5.75 Å². The van der Waals surface area contributed by atoms with E-state index in [1.165, 1.54) is 17.5 Å². The molecule has 0 spiro atoms. The number of hydrogen-bond donors (Lipinski definition) is 0. The Balaban J connectivity index is 2.20. The standard InChI is InChI=1S/C18H20O/c1-3-7-15-8-6-9-16(14-15)12-13-17-10-4-5-11-18(17)19-2/h4-6,8-14H,3,7H2,1-2H3/b13-12+. The molecule has 2 rings (SSSR count). The van der Waals surface area contributed by atoms with Crippen LogP contribution < -0.4 is 4.74 Å². The topological polar surface area (TPSA) is 9.23 Å². The summed E-state index contributed by atoms with van der Waals surface area (Å²) in [6, 6.07) is 16.7. The summed E-state index contributed by atoms with van der Waals surface area (Å²) in [5.74, 6) is 0.906. The van der Waals surface area contributed by atoms with Gasteiger partial charge in [-0.25, -0.2) is 0 Å². The number of methoxy groups -OCH3 is 1. The van der Waals surface area contributed by atoms with Crippen LogP contribution in [0.5, 0.6) is 5.75 Å². The van der Waals surface area contributed by atoms with Gasteiger partial charge >= 0.3 is 0 Å². The van der Waals surface area contributed by atoms with Crippen molar-refractivity contribution in [2.24, 2.45) is 0 Å². The summed E-state index contributed by atoms with van der Waals surface area (Å²) in [6.07, 6.45) is 6.55. The Bertz CT molecular complexity index is 555. The number of aryl methyl sites for hydroxylation is 1. The summed E-state index contributed by atoms with van der Waals surface area (Å²) in [6.45, 7) is 2.21. The monoisotopic (exact) mass is 252 g/mol. The Morgan fingerprint density at radius 1 is 1.00 bits per heavy atom. The molecule has 0 bridgehead atoms. The largest absolute Gasteiger partial charge is 0.496 e. The van der Waals surface area contributed by atoms with Crippen molar-refractivity contribution in [1.29, 1.82) is 0 Å². The van der Waals surface area contributed by atoms with Crippen LogP contribution >= 0.6 is 0 Å². The highest BCUT2D eigenvalue weighted by molar-refractivity contribution is 5.72. The Morgan fingerprint density at radius 2 is 1.84 bits per heavy atom. The first-order valence-corrected chi connectivity index (χ1v) is 6.73. The first-order chi connectivity index (χ1) is 9.33. The van der Waals surface area contributed by atoms with Crippen LogP contribution in [0.2, 0.25) is 0 Å². The summed E-state index contributed by atoms with van der Waals surface area (Å²) < 4.78 is 5.34. The Labute approximate surface area is 115 Å². The highest BCUT2D eigenvalue weighted by Gasteiger charge is 1.97. The molecule has 1 nitrogen and oxygen atoms in total. The molecule has 2 aromatic rings. The lowest BCUT2D eigenvalue weighted by Gasteiger charge is -2.04. The zero-order valence-electron chi connectivity index (χ0n) is 11.6. The predicted octanol–water partition coefficient (Wildman–Crippen LogP) is 4.82. The molecule has 98 valence electrons. The van der Waals surface area contributed by atoms with Crippen molar-refractivity contribution in [3.63, 3.8) is 0 Å². The zero-order chi connectivity index (χ0) is 13.5. The van der Waals surface area contributed by atoms with Gasteiger partial charge in [-0.3, -0.25) is 0 Å². The fraction of sp³-hybridized carbons (Fsp3) is 0.222. The van der Waals surface area contributed by atoms with Gasteiger partial charge in [0, 0.05) is 5.56 Å². The minimum absolute atomic E-state index is 0.906. The van der Waals surface area contributed by atoms with Crippen molar-refractivity contribution in [2.45, 2.75) is 19.8 Å². The van der Waals surface area contributed by atoms with E-state index < -0.39 is 0 Å². The number of para-hydroxylation sites is 1. The Kier molecular flexibility index (Phi) is 4.79. The van der Waals surface area contributed by atoms with Gasteiger partial charge in [0.25, 0.3) is 0 Å². The van der Waals surface area contributed by atoms with Crippen LogP contribution in [-0.4, -0.2) is 7.11 Å². The predicted molar refractivity (Wildman–Crippen MR) is 82.4 cm³/mol. The summed E-state index contributed by atoms with van der Waals surface area (Å²) >= 11 is 0. The fourth-order valence-corrected chi connectivity index (χ4v) is 2.13. The Hall–Kier alpha value is -2.02. The normalized spacial score (nSPS) is 10.8. The van der Waals surface area contributed by atoms with E-state index in [0.29, 0.717) is 0 Å². The molecule has 0 unspecified atom stereocenters. The highest BCUT2D eigenvalue weighted by Crippen LogP contribution is 2.20. The molecule has 0 aromatic heterocycles. The minimum Gasteiger partial charge on any atom is -0.496 e. The molecule has 0 saturated heterocycles. The highest BCUT2D eigenvalue weighted by atomic mass is 16.5. The van der Waals surface area contributed by atoms with Crippen molar-refractivity contribution in [2.75, 3.05) is 7.11 Å². The lowest BCUT2D eigenvalue weighted by molar-refractivity contribution is 0.414. The van der Waals surface area contributed by atoms with Gasteiger partial charge < -0.3 is 4.74 Å². The van der Waals surface area contributed by atoms with Crippen molar-refractivity contribution in [1.82, 2.24) is 0 Å². The molecule has 0 aliphatic carbocycles. The average Bonchev–Trinajstić information content (AvgIpc) is 2.46. The van der Waals surface area contributed by atoms with E-state index in [1.54, 1.807) is 7.11 Å². The molecular formula is C18H20O. The van der Waals surface area contributed by atoms with Crippen molar-refractivity contribution in [3.05, 3.63) is 65.2 Å². The molecule has 0 heterocycles. The van der Waals surface area contributed by atoms with Gasteiger partial charge in [-0.2, -0.15) is 0 Å². The second-order valence-corrected chi connectivity index (χ2v) is 4.57. The molecule has 0 atom stereocenters. The van der Waals surface area contributed by atoms with Gasteiger partial charge in [0.2, 0.25) is 0 Å². The first kappa shape index (κ1) is 13.4. The summed E-state index contributed by atoms with van der Waals surface area (Å²) in [5, 5.41) is 0. The maximum Gasteiger partial charge on any atom is 0.126 e. The quantitative estimate of drug-likeness (QED) is 0.693. The maximum absolute atomic E-state index is 5.34. The second kappa shape index (κ2) is 6.79. The van der Waals surface area contributed by atoms with Gasteiger partial charge in [-0.15, -0.1) is 0 Å². The van der Waals surface area contributed by atoms with Crippen LogP contribution in [-0.2, 0) is 6.42 Å². The van der Waals surface area contributed by atoms with Gasteiger partial charge in [0.1, 0.15) is 5.75 Å². The average molecular weight is 252 g/mol. The molecular weight excluding hydrogens is 232 g/mol. The van der Waals surface area contributed by atoms with E-state index >= 15 is 0 Å². The number of hydrogen-bond acceptors (Lipinski definition) is 1. The van der Waals surface area contributed by atoms with Crippen LogP contribution in [0.1, 0.15) is 30.0 Å². The maximum atomic E-state index is 5.34. The fourth-order valence-electron chi connectivity index (χ4n) is 2.13. The molecule has 0 radical (unpaired) electrons. The number of ether oxygens (including phenoxy) is 1. The number of rotatable bonds is 5. The van der Waals surface area contributed by atoms with E-state index in [4.69, 9.17) is 4.74 Å². The molecule has 19 heavy (non-hydrogen) atoms. The smallest absolute Gasteiger partial charge is 0.126 e. The van der Waals surface area contributed by atoms with Gasteiger partial charge in [0.15, 0.2) is 0 Å².